The van der Waals surface area contributed by atoms with E-state index in [0.29, 0.717) is 22.9 Å². The Labute approximate surface area is 175 Å². The van der Waals surface area contributed by atoms with Crippen molar-refractivity contribution in [1.82, 2.24) is 0 Å². The van der Waals surface area contributed by atoms with Gasteiger partial charge in [-0.05, 0) is 67.9 Å². The van der Waals surface area contributed by atoms with Crippen molar-refractivity contribution in [2.75, 3.05) is 17.3 Å². The van der Waals surface area contributed by atoms with E-state index < -0.39 is 17.4 Å². The SMILES string of the molecule is Cc1ccc2c(c1)N(C)C(=O)C(C)(C(=O)Nc1ccc(Oc3ccccc3)cc1)O2. The highest BCUT2D eigenvalue weighted by atomic mass is 16.5. The lowest BCUT2D eigenvalue weighted by molar-refractivity contribution is -0.144. The summed E-state index contributed by atoms with van der Waals surface area (Å²) in [4.78, 5) is 27.4. The summed E-state index contributed by atoms with van der Waals surface area (Å²) in [5.74, 6) is 0.885. The van der Waals surface area contributed by atoms with Gasteiger partial charge in [0.1, 0.15) is 17.2 Å². The van der Waals surface area contributed by atoms with Crippen LogP contribution in [0.3, 0.4) is 0 Å². The van der Waals surface area contributed by atoms with E-state index in [0.717, 1.165) is 11.3 Å². The maximum atomic E-state index is 13.0. The number of fused-ring (bicyclic) bond motifs is 1. The fraction of sp³-hybridized carbons (Fsp3) is 0.167. The number of nitrogens with zero attached hydrogens (tertiary/aromatic N) is 1. The Kier molecular flexibility index (Phi) is 4.91. The van der Waals surface area contributed by atoms with Gasteiger partial charge in [-0.15, -0.1) is 0 Å². The number of hydrogen-bond donors (Lipinski definition) is 1. The number of hydrogen-bond acceptors (Lipinski definition) is 4. The summed E-state index contributed by atoms with van der Waals surface area (Å²) < 4.78 is 11.6. The van der Waals surface area contributed by atoms with Gasteiger partial charge >= 0.3 is 0 Å². The number of aryl methyl sites for hydroxylation is 1. The van der Waals surface area contributed by atoms with Gasteiger partial charge in [-0.1, -0.05) is 24.3 Å². The summed E-state index contributed by atoms with van der Waals surface area (Å²) >= 11 is 0. The molecule has 0 saturated carbocycles. The molecule has 1 aliphatic rings. The van der Waals surface area contributed by atoms with Gasteiger partial charge in [0.2, 0.25) is 0 Å². The van der Waals surface area contributed by atoms with E-state index in [2.05, 4.69) is 5.32 Å². The summed E-state index contributed by atoms with van der Waals surface area (Å²) in [5, 5.41) is 2.77. The molecule has 1 unspecified atom stereocenters. The van der Waals surface area contributed by atoms with E-state index in [1.807, 2.05) is 49.4 Å². The molecule has 3 aromatic carbocycles. The van der Waals surface area contributed by atoms with Crippen LogP contribution in [-0.4, -0.2) is 24.5 Å². The van der Waals surface area contributed by atoms with Crippen molar-refractivity contribution in [3.63, 3.8) is 0 Å². The van der Waals surface area contributed by atoms with Gasteiger partial charge in [0, 0.05) is 12.7 Å². The molecule has 0 aromatic heterocycles. The van der Waals surface area contributed by atoms with E-state index in [9.17, 15) is 9.59 Å². The molecule has 4 rings (SSSR count). The van der Waals surface area contributed by atoms with E-state index in [4.69, 9.17) is 9.47 Å². The molecule has 1 N–H and O–H groups in total. The van der Waals surface area contributed by atoms with Crippen LogP contribution in [0.25, 0.3) is 0 Å². The number of nitrogens with one attached hydrogen (secondary N) is 1. The third-order valence-corrected chi connectivity index (χ3v) is 5.03. The van der Waals surface area contributed by atoms with Crippen LogP contribution in [0.4, 0.5) is 11.4 Å². The van der Waals surface area contributed by atoms with Crippen molar-refractivity contribution in [3.05, 3.63) is 78.4 Å². The van der Waals surface area contributed by atoms with Crippen LogP contribution in [0.1, 0.15) is 12.5 Å². The fourth-order valence-electron chi connectivity index (χ4n) is 3.29. The third kappa shape index (κ3) is 3.59. The van der Waals surface area contributed by atoms with Crippen LogP contribution >= 0.6 is 0 Å². The van der Waals surface area contributed by atoms with Gasteiger partial charge in [-0.3, -0.25) is 9.59 Å². The van der Waals surface area contributed by atoms with E-state index >= 15 is 0 Å². The predicted octanol–water partition coefficient (Wildman–Crippen LogP) is 4.54. The van der Waals surface area contributed by atoms with Crippen molar-refractivity contribution in [2.45, 2.75) is 19.4 Å². The highest BCUT2D eigenvalue weighted by molar-refractivity contribution is 6.19. The van der Waals surface area contributed by atoms with Gasteiger partial charge in [-0.25, -0.2) is 0 Å². The Morgan fingerprint density at radius 3 is 2.37 bits per heavy atom. The number of carbonyl (C=O) groups is 2. The minimum absolute atomic E-state index is 0.429. The van der Waals surface area contributed by atoms with Crippen molar-refractivity contribution in [2.24, 2.45) is 0 Å². The molecule has 0 bridgehead atoms. The lowest BCUT2D eigenvalue weighted by Crippen LogP contribution is -2.59. The zero-order valence-electron chi connectivity index (χ0n) is 17.0. The summed E-state index contributed by atoms with van der Waals surface area (Å²) in [6.45, 7) is 3.42. The van der Waals surface area contributed by atoms with Gasteiger partial charge < -0.3 is 19.7 Å². The van der Waals surface area contributed by atoms with E-state index in [-0.39, 0.29) is 0 Å². The first-order valence-electron chi connectivity index (χ1n) is 9.59. The second-order valence-corrected chi connectivity index (χ2v) is 7.36. The molecular weight excluding hydrogens is 380 g/mol. The Morgan fingerprint density at radius 2 is 1.67 bits per heavy atom. The van der Waals surface area contributed by atoms with Crippen LogP contribution < -0.4 is 19.7 Å². The number of para-hydroxylation sites is 1. The number of ether oxygens (including phenoxy) is 2. The van der Waals surface area contributed by atoms with Crippen molar-refractivity contribution in [1.29, 1.82) is 0 Å². The Morgan fingerprint density at radius 1 is 1.00 bits per heavy atom. The lowest BCUT2D eigenvalue weighted by atomic mass is 9.99. The zero-order valence-corrected chi connectivity index (χ0v) is 17.0. The van der Waals surface area contributed by atoms with Crippen LogP contribution in [0.15, 0.2) is 72.8 Å². The fourth-order valence-corrected chi connectivity index (χ4v) is 3.29. The van der Waals surface area contributed by atoms with Crippen LogP contribution in [-0.2, 0) is 9.59 Å². The zero-order chi connectivity index (χ0) is 21.3. The summed E-state index contributed by atoms with van der Waals surface area (Å²) in [5.41, 5.74) is 0.516. The second kappa shape index (κ2) is 7.55. The third-order valence-electron chi connectivity index (χ3n) is 5.03. The monoisotopic (exact) mass is 402 g/mol. The predicted molar refractivity (Wildman–Crippen MR) is 115 cm³/mol. The molecule has 0 saturated heterocycles. The van der Waals surface area contributed by atoms with E-state index in [1.165, 1.54) is 11.8 Å². The number of carbonyl (C=O) groups excluding carboxylic acids is 2. The molecule has 2 amide bonds. The molecule has 6 heteroatoms. The molecule has 152 valence electrons. The lowest BCUT2D eigenvalue weighted by Gasteiger charge is -2.38. The molecule has 30 heavy (non-hydrogen) atoms. The Balaban J connectivity index is 1.50. The first kappa shape index (κ1) is 19.5. The maximum absolute atomic E-state index is 13.0. The number of likely N-dealkylation sites (N-methyl/N-ethyl adjacent to an activating group) is 1. The first-order chi connectivity index (χ1) is 14.4. The Hall–Kier alpha value is -3.80. The van der Waals surface area contributed by atoms with Gasteiger partial charge in [0.15, 0.2) is 0 Å². The summed E-state index contributed by atoms with van der Waals surface area (Å²) in [7, 11) is 1.64. The minimum atomic E-state index is -1.67. The number of amides is 2. The smallest absolute Gasteiger partial charge is 0.280 e. The van der Waals surface area contributed by atoms with Crippen LogP contribution in [0.2, 0.25) is 0 Å². The average Bonchev–Trinajstić information content (AvgIpc) is 2.75. The molecule has 1 atom stereocenters. The average molecular weight is 402 g/mol. The van der Waals surface area contributed by atoms with Gasteiger partial charge in [0.25, 0.3) is 17.4 Å². The number of benzene rings is 3. The molecule has 1 heterocycles. The largest absolute Gasteiger partial charge is 0.465 e. The van der Waals surface area contributed by atoms with Gasteiger partial charge in [0.05, 0.1) is 5.69 Å². The topological polar surface area (TPSA) is 67.9 Å². The molecule has 6 nitrogen and oxygen atoms in total. The second-order valence-electron chi connectivity index (χ2n) is 7.36. The first-order valence-corrected chi connectivity index (χ1v) is 9.59. The number of anilines is 2. The van der Waals surface area contributed by atoms with Gasteiger partial charge in [-0.2, -0.15) is 0 Å². The molecule has 3 aromatic rings. The minimum Gasteiger partial charge on any atom is -0.465 e. The molecule has 0 fully saturated rings. The van der Waals surface area contributed by atoms with Crippen molar-refractivity contribution >= 4 is 23.2 Å². The standard InChI is InChI=1S/C24H22N2O4/c1-16-9-14-21-20(15-16)26(3)23(28)24(2,30-21)22(27)25-17-10-12-19(13-11-17)29-18-7-5-4-6-8-18/h4-15H,1-3H3,(H,25,27). The van der Waals surface area contributed by atoms with E-state index in [1.54, 1.807) is 37.4 Å². The summed E-state index contributed by atoms with van der Waals surface area (Å²) in [6, 6.07) is 21.9. The molecule has 0 radical (unpaired) electrons. The molecule has 1 aliphatic heterocycles. The van der Waals surface area contributed by atoms with Crippen LogP contribution in [0, 0.1) is 6.92 Å². The normalized spacial score (nSPS) is 17.7. The highest BCUT2D eigenvalue weighted by Crippen LogP contribution is 2.38. The number of rotatable bonds is 4. The van der Waals surface area contributed by atoms with Crippen molar-refractivity contribution in [3.8, 4) is 17.2 Å². The Bertz CT molecular complexity index is 1100. The molecule has 0 spiro atoms. The van der Waals surface area contributed by atoms with Crippen LogP contribution in [0.5, 0.6) is 17.2 Å². The molecule has 0 aliphatic carbocycles. The van der Waals surface area contributed by atoms with Crippen molar-refractivity contribution < 1.29 is 19.1 Å². The summed E-state index contributed by atoms with van der Waals surface area (Å²) in [6.07, 6.45) is 0. The quantitative estimate of drug-likeness (QED) is 0.651. The maximum Gasteiger partial charge on any atom is 0.280 e. The highest BCUT2D eigenvalue weighted by Gasteiger charge is 2.49. The molecular formula is C24H22N2O4.